The molecule has 0 radical (unpaired) electrons. The van der Waals surface area contributed by atoms with Crippen LogP contribution in [-0.2, 0) is 4.79 Å². The number of methoxy groups -OCH3 is 1. The van der Waals surface area contributed by atoms with E-state index in [2.05, 4.69) is 4.98 Å². The third-order valence-electron chi connectivity index (χ3n) is 1.62. The standard InChI is InChI=1S/C9H8N2O4/c1-15-9-7(3-2-4-12)5-8(6-10-9)11(13)14/h2-6H,1H3. The molecule has 0 spiro atoms. The summed E-state index contributed by atoms with van der Waals surface area (Å²) in [4.78, 5) is 23.7. The Kier molecular flexibility index (Phi) is 3.50. The minimum Gasteiger partial charge on any atom is -0.481 e. The van der Waals surface area contributed by atoms with Crippen LogP contribution in [0.2, 0.25) is 0 Å². The maximum absolute atomic E-state index is 10.5. The highest BCUT2D eigenvalue weighted by atomic mass is 16.6. The van der Waals surface area contributed by atoms with Crippen LogP contribution in [0.3, 0.4) is 0 Å². The summed E-state index contributed by atoms with van der Waals surface area (Å²) in [6.45, 7) is 0. The zero-order chi connectivity index (χ0) is 11.3. The van der Waals surface area contributed by atoms with Crippen molar-refractivity contribution in [3.8, 4) is 5.88 Å². The SMILES string of the molecule is COc1ncc([N+](=O)[O-])cc1C=CC=O. The van der Waals surface area contributed by atoms with Crippen molar-refractivity contribution >= 4 is 18.0 Å². The zero-order valence-corrected chi connectivity index (χ0v) is 7.91. The first-order valence-electron chi connectivity index (χ1n) is 3.99. The molecule has 0 amide bonds. The summed E-state index contributed by atoms with van der Waals surface area (Å²) in [5.74, 6) is 0.235. The van der Waals surface area contributed by atoms with E-state index in [-0.39, 0.29) is 11.6 Å². The lowest BCUT2D eigenvalue weighted by atomic mass is 10.2. The number of carbonyl (C=O) groups is 1. The first-order chi connectivity index (χ1) is 7.19. The van der Waals surface area contributed by atoms with Crippen LogP contribution in [0.25, 0.3) is 6.08 Å². The molecule has 0 aliphatic heterocycles. The number of allylic oxidation sites excluding steroid dienone is 1. The van der Waals surface area contributed by atoms with Crippen molar-refractivity contribution in [2.75, 3.05) is 7.11 Å². The van der Waals surface area contributed by atoms with E-state index in [4.69, 9.17) is 4.74 Å². The van der Waals surface area contributed by atoms with Crippen LogP contribution in [0.1, 0.15) is 5.56 Å². The van der Waals surface area contributed by atoms with Gasteiger partial charge in [0.1, 0.15) is 12.5 Å². The quantitative estimate of drug-likeness (QED) is 0.321. The fourth-order valence-corrected chi connectivity index (χ4v) is 0.990. The molecule has 0 aliphatic rings. The summed E-state index contributed by atoms with van der Waals surface area (Å²) in [6, 6.07) is 1.28. The molecule has 1 heterocycles. The lowest BCUT2D eigenvalue weighted by Crippen LogP contribution is -1.94. The van der Waals surface area contributed by atoms with Crippen LogP contribution < -0.4 is 4.74 Å². The molecular weight excluding hydrogens is 200 g/mol. The Morgan fingerprint density at radius 1 is 1.60 bits per heavy atom. The second-order valence-corrected chi connectivity index (χ2v) is 2.54. The molecule has 0 saturated heterocycles. The molecule has 0 atom stereocenters. The van der Waals surface area contributed by atoms with Gasteiger partial charge in [-0.2, -0.15) is 0 Å². The molecule has 0 aliphatic carbocycles. The van der Waals surface area contributed by atoms with E-state index in [1.165, 1.54) is 25.3 Å². The summed E-state index contributed by atoms with van der Waals surface area (Å²) < 4.78 is 4.88. The molecule has 0 fully saturated rings. The maximum Gasteiger partial charge on any atom is 0.288 e. The van der Waals surface area contributed by atoms with E-state index in [9.17, 15) is 14.9 Å². The third-order valence-corrected chi connectivity index (χ3v) is 1.62. The monoisotopic (exact) mass is 208 g/mol. The Morgan fingerprint density at radius 3 is 2.87 bits per heavy atom. The predicted molar refractivity (Wildman–Crippen MR) is 52.5 cm³/mol. The first kappa shape index (κ1) is 10.8. The predicted octanol–water partition coefficient (Wildman–Crippen LogP) is 1.21. The Bertz CT molecular complexity index is 415. The lowest BCUT2D eigenvalue weighted by Gasteiger charge is -2.01. The molecule has 6 nitrogen and oxygen atoms in total. The second kappa shape index (κ2) is 4.85. The largest absolute Gasteiger partial charge is 0.481 e. The number of pyridine rings is 1. The molecule has 0 saturated carbocycles. The number of carbonyl (C=O) groups excluding carboxylic acids is 1. The minimum absolute atomic E-state index is 0.152. The van der Waals surface area contributed by atoms with Gasteiger partial charge in [0.05, 0.1) is 12.0 Å². The van der Waals surface area contributed by atoms with Crippen LogP contribution in [0.5, 0.6) is 5.88 Å². The molecule has 78 valence electrons. The number of nitro groups is 1. The van der Waals surface area contributed by atoms with Crippen molar-refractivity contribution in [3.05, 3.63) is 34.0 Å². The molecule has 1 aromatic rings. The van der Waals surface area contributed by atoms with Gasteiger partial charge >= 0.3 is 0 Å². The van der Waals surface area contributed by atoms with Crippen LogP contribution in [0.4, 0.5) is 5.69 Å². The molecule has 0 unspecified atom stereocenters. The summed E-state index contributed by atoms with van der Waals surface area (Å²) in [7, 11) is 1.40. The van der Waals surface area contributed by atoms with Gasteiger partial charge in [-0.1, -0.05) is 0 Å². The van der Waals surface area contributed by atoms with Crippen LogP contribution in [0.15, 0.2) is 18.3 Å². The number of nitrogens with zero attached hydrogens (tertiary/aromatic N) is 2. The van der Waals surface area contributed by atoms with E-state index in [0.29, 0.717) is 11.8 Å². The molecule has 6 heteroatoms. The van der Waals surface area contributed by atoms with E-state index < -0.39 is 4.92 Å². The first-order valence-corrected chi connectivity index (χ1v) is 3.99. The summed E-state index contributed by atoms with van der Waals surface area (Å²) in [5, 5.41) is 10.5. The summed E-state index contributed by atoms with van der Waals surface area (Å²) >= 11 is 0. The topological polar surface area (TPSA) is 82.3 Å². The van der Waals surface area contributed by atoms with E-state index in [1.54, 1.807) is 0 Å². The highest BCUT2D eigenvalue weighted by Crippen LogP contribution is 2.21. The van der Waals surface area contributed by atoms with E-state index in [1.807, 2.05) is 0 Å². The van der Waals surface area contributed by atoms with Gasteiger partial charge in [-0.3, -0.25) is 14.9 Å². The molecule has 0 aromatic carbocycles. The van der Waals surface area contributed by atoms with Gasteiger partial charge in [0.25, 0.3) is 5.69 Å². The number of ether oxygens (including phenoxy) is 1. The van der Waals surface area contributed by atoms with Gasteiger partial charge in [-0.25, -0.2) is 4.98 Å². The minimum atomic E-state index is -0.565. The van der Waals surface area contributed by atoms with Crippen LogP contribution >= 0.6 is 0 Å². The summed E-state index contributed by atoms with van der Waals surface area (Å²) in [5.41, 5.74) is 0.236. The fourth-order valence-electron chi connectivity index (χ4n) is 0.990. The highest BCUT2D eigenvalue weighted by molar-refractivity contribution is 5.75. The molecule has 0 bridgehead atoms. The van der Waals surface area contributed by atoms with Crippen molar-refractivity contribution in [2.45, 2.75) is 0 Å². The van der Waals surface area contributed by atoms with Gasteiger partial charge in [0, 0.05) is 11.6 Å². The van der Waals surface area contributed by atoms with Crippen LogP contribution in [-0.4, -0.2) is 23.3 Å². The molecule has 0 N–H and O–H groups in total. The number of rotatable bonds is 4. The number of aldehydes is 1. The Hall–Kier alpha value is -2.24. The Labute approximate surface area is 85.3 Å². The summed E-state index contributed by atoms with van der Waals surface area (Å²) in [6.07, 6.45) is 4.27. The third kappa shape index (κ3) is 2.60. The van der Waals surface area contributed by atoms with Crippen molar-refractivity contribution in [3.63, 3.8) is 0 Å². The Morgan fingerprint density at radius 2 is 2.33 bits per heavy atom. The number of hydrogen-bond acceptors (Lipinski definition) is 5. The molecular formula is C9H8N2O4. The second-order valence-electron chi connectivity index (χ2n) is 2.54. The molecule has 15 heavy (non-hydrogen) atoms. The fraction of sp³-hybridized carbons (Fsp3) is 0.111. The average molecular weight is 208 g/mol. The van der Waals surface area contributed by atoms with Gasteiger partial charge in [0.2, 0.25) is 5.88 Å². The van der Waals surface area contributed by atoms with E-state index >= 15 is 0 Å². The van der Waals surface area contributed by atoms with Gasteiger partial charge in [-0.05, 0) is 12.2 Å². The normalized spacial score (nSPS) is 10.2. The van der Waals surface area contributed by atoms with Gasteiger partial charge < -0.3 is 4.74 Å². The maximum atomic E-state index is 10.5. The van der Waals surface area contributed by atoms with Gasteiger partial charge in [0.15, 0.2) is 0 Å². The Balaban J connectivity index is 3.18. The number of hydrogen-bond donors (Lipinski definition) is 0. The average Bonchev–Trinajstić information content (AvgIpc) is 2.25. The van der Waals surface area contributed by atoms with E-state index in [0.717, 1.165) is 6.20 Å². The van der Waals surface area contributed by atoms with Crippen molar-refractivity contribution in [1.82, 2.24) is 4.98 Å². The molecule has 1 aromatic heterocycles. The number of aromatic nitrogens is 1. The van der Waals surface area contributed by atoms with Crippen LogP contribution in [0, 0.1) is 10.1 Å². The molecule has 1 rings (SSSR count). The van der Waals surface area contributed by atoms with Crippen molar-refractivity contribution in [1.29, 1.82) is 0 Å². The smallest absolute Gasteiger partial charge is 0.288 e. The van der Waals surface area contributed by atoms with Crippen molar-refractivity contribution in [2.24, 2.45) is 0 Å². The van der Waals surface area contributed by atoms with Gasteiger partial charge in [-0.15, -0.1) is 0 Å². The lowest BCUT2D eigenvalue weighted by molar-refractivity contribution is -0.385. The zero-order valence-electron chi connectivity index (χ0n) is 7.91. The highest BCUT2D eigenvalue weighted by Gasteiger charge is 2.10. The van der Waals surface area contributed by atoms with Crippen molar-refractivity contribution < 1.29 is 14.5 Å².